The van der Waals surface area contributed by atoms with E-state index in [1.54, 1.807) is 13.0 Å². The van der Waals surface area contributed by atoms with Crippen LogP contribution in [0.2, 0.25) is 0 Å². The number of nitrogens with one attached hydrogen (secondary N) is 1. The second-order valence-electron chi connectivity index (χ2n) is 7.43. The fourth-order valence-corrected chi connectivity index (χ4v) is 3.38. The van der Waals surface area contributed by atoms with Crippen LogP contribution in [0, 0.1) is 13.8 Å². The van der Waals surface area contributed by atoms with Crippen LogP contribution in [-0.4, -0.2) is 34.0 Å². The summed E-state index contributed by atoms with van der Waals surface area (Å²) in [5.41, 5.74) is 8.78. The van der Waals surface area contributed by atoms with Crippen molar-refractivity contribution >= 4 is 23.0 Å². The Labute approximate surface area is 171 Å². The average molecular weight is 393 g/mol. The van der Waals surface area contributed by atoms with Gasteiger partial charge in [-0.1, -0.05) is 42.8 Å². The summed E-state index contributed by atoms with van der Waals surface area (Å²) in [5.74, 6) is -0.0602. The minimum absolute atomic E-state index is 0.160. The maximum absolute atomic E-state index is 12.4. The minimum atomic E-state index is -0.220. The monoisotopic (exact) mass is 392 g/mol. The van der Waals surface area contributed by atoms with Crippen LogP contribution in [0.25, 0.3) is 0 Å². The fourth-order valence-electron chi connectivity index (χ4n) is 3.38. The number of benzene rings is 2. The largest absolute Gasteiger partial charge is 0.505 e. The summed E-state index contributed by atoms with van der Waals surface area (Å²) < 4.78 is 0. The average Bonchev–Trinajstić information content (AvgIpc) is 2.96. The lowest BCUT2D eigenvalue weighted by atomic mass is 9.98. The van der Waals surface area contributed by atoms with Crippen LogP contribution in [0.3, 0.4) is 0 Å². The maximum Gasteiger partial charge on any atom is 0.296 e. The molecular formula is C23H28N4O2. The molecule has 2 aromatic carbocycles. The number of aryl methyl sites for hydroxylation is 4. The molecule has 0 spiro atoms. The van der Waals surface area contributed by atoms with E-state index in [1.165, 1.54) is 21.7 Å². The third-order valence-corrected chi connectivity index (χ3v) is 5.06. The second-order valence-corrected chi connectivity index (χ2v) is 7.43. The normalized spacial score (nSPS) is 15.2. The lowest BCUT2D eigenvalue weighted by molar-refractivity contribution is -0.123. The van der Waals surface area contributed by atoms with E-state index in [9.17, 15) is 9.90 Å². The van der Waals surface area contributed by atoms with Crippen LogP contribution >= 0.6 is 0 Å². The number of hydrogen-bond acceptors (Lipinski definition) is 5. The molecule has 1 heterocycles. The molecule has 152 valence electrons. The van der Waals surface area contributed by atoms with Crippen LogP contribution in [0.1, 0.15) is 42.5 Å². The van der Waals surface area contributed by atoms with Crippen LogP contribution in [0.4, 0.5) is 5.69 Å². The molecule has 0 radical (unpaired) electrons. The van der Waals surface area contributed by atoms with Gasteiger partial charge in [-0.25, -0.2) is 5.01 Å². The predicted molar refractivity (Wildman–Crippen MR) is 118 cm³/mol. The molecule has 0 saturated heterocycles. The number of anilines is 1. The Kier molecular flexibility index (Phi) is 6.32. The molecule has 0 saturated carbocycles. The van der Waals surface area contributed by atoms with Gasteiger partial charge in [-0.2, -0.15) is 10.2 Å². The van der Waals surface area contributed by atoms with Crippen molar-refractivity contribution in [2.24, 2.45) is 10.2 Å². The topological polar surface area (TPSA) is 77.3 Å². The molecular weight excluding hydrogens is 364 g/mol. The van der Waals surface area contributed by atoms with Crippen molar-refractivity contribution in [3.63, 3.8) is 0 Å². The summed E-state index contributed by atoms with van der Waals surface area (Å²) in [5, 5.41) is 20.6. The molecule has 6 nitrogen and oxygen atoms in total. The Morgan fingerprint density at radius 3 is 2.62 bits per heavy atom. The van der Waals surface area contributed by atoms with Gasteiger partial charge in [-0.05, 0) is 62.8 Å². The first-order valence-corrected chi connectivity index (χ1v) is 9.98. The van der Waals surface area contributed by atoms with Gasteiger partial charge < -0.3 is 5.11 Å². The summed E-state index contributed by atoms with van der Waals surface area (Å²) >= 11 is 0. The zero-order valence-corrected chi connectivity index (χ0v) is 17.5. The molecule has 0 fully saturated rings. The molecule has 1 amide bonds. The summed E-state index contributed by atoms with van der Waals surface area (Å²) in [4.78, 5) is 12.4. The smallest absolute Gasteiger partial charge is 0.296 e. The number of phenolic OH excluding ortho intramolecular Hbond substituents is 1. The highest BCUT2D eigenvalue weighted by Gasteiger charge is 2.28. The van der Waals surface area contributed by atoms with E-state index < -0.39 is 0 Å². The lowest BCUT2D eigenvalue weighted by Crippen LogP contribution is -2.28. The van der Waals surface area contributed by atoms with Crippen molar-refractivity contribution in [2.45, 2.75) is 47.0 Å². The van der Waals surface area contributed by atoms with E-state index in [0.717, 1.165) is 18.4 Å². The van der Waals surface area contributed by atoms with E-state index in [1.807, 2.05) is 19.1 Å². The van der Waals surface area contributed by atoms with Crippen LogP contribution in [-0.2, 0) is 17.6 Å². The van der Waals surface area contributed by atoms with Crippen LogP contribution in [0.5, 0.6) is 5.75 Å². The molecule has 0 aliphatic carbocycles. The minimum Gasteiger partial charge on any atom is -0.505 e. The summed E-state index contributed by atoms with van der Waals surface area (Å²) in [7, 11) is 0. The molecule has 0 aromatic heterocycles. The third kappa shape index (κ3) is 4.65. The number of carbonyl (C=O) groups is 1. The van der Waals surface area contributed by atoms with Crippen molar-refractivity contribution in [1.82, 2.24) is 5.01 Å². The quantitative estimate of drug-likeness (QED) is 0.548. The van der Waals surface area contributed by atoms with E-state index in [2.05, 4.69) is 47.7 Å². The van der Waals surface area contributed by atoms with E-state index in [4.69, 9.17) is 0 Å². The SMILES string of the molecule is CCCN1N=C(C)/C(=N/Nc2cccc(CCc3cc(C)ccc3C)c2O)C1=O. The number of carbonyl (C=O) groups excluding carboxylic acids is 1. The van der Waals surface area contributed by atoms with Gasteiger partial charge in [0, 0.05) is 6.54 Å². The zero-order chi connectivity index (χ0) is 21.0. The number of nitrogens with zero attached hydrogens (tertiary/aromatic N) is 3. The zero-order valence-electron chi connectivity index (χ0n) is 17.5. The van der Waals surface area contributed by atoms with Crippen molar-refractivity contribution in [1.29, 1.82) is 0 Å². The molecule has 6 heteroatoms. The number of hydrogen-bond donors (Lipinski definition) is 2. The molecule has 29 heavy (non-hydrogen) atoms. The first kappa shape index (κ1) is 20.6. The van der Waals surface area contributed by atoms with Gasteiger partial charge in [-0.3, -0.25) is 10.2 Å². The number of aromatic hydroxyl groups is 1. The Bertz CT molecular complexity index is 979. The van der Waals surface area contributed by atoms with E-state index in [-0.39, 0.29) is 17.4 Å². The lowest BCUT2D eigenvalue weighted by Gasteiger charge is -2.12. The van der Waals surface area contributed by atoms with Crippen LogP contribution < -0.4 is 5.43 Å². The number of phenols is 1. The Morgan fingerprint density at radius 1 is 1.10 bits per heavy atom. The predicted octanol–water partition coefficient (Wildman–Crippen LogP) is 4.19. The fraction of sp³-hybridized carbons (Fsp3) is 0.348. The molecule has 2 N–H and O–H groups in total. The molecule has 3 rings (SSSR count). The van der Waals surface area contributed by atoms with Gasteiger partial charge in [0.15, 0.2) is 5.71 Å². The number of para-hydroxylation sites is 1. The van der Waals surface area contributed by atoms with Gasteiger partial charge in [-0.15, -0.1) is 0 Å². The Hall–Kier alpha value is -3.15. The van der Waals surface area contributed by atoms with Gasteiger partial charge >= 0.3 is 0 Å². The highest BCUT2D eigenvalue weighted by atomic mass is 16.3. The van der Waals surface area contributed by atoms with Gasteiger partial charge in [0.1, 0.15) is 5.75 Å². The molecule has 2 aromatic rings. The Morgan fingerprint density at radius 2 is 1.86 bits per heavy atom. The van der Waals surface area contributed by atoms with Gasteiger partial charge in [0.05, 0.1) is 11.4 Å². The number of amides is 1. The number of hydrazone groups is 2. The maximum atomic E-state index is 12.4. The van der Waals surface area contributed by atoms with Crippen molar-refractivity contribution in [3.05, 3.63) is 58.7 Å². The molecule has 0 atom stereocenters. The first-order valence-electron chi connectivity index (χ1n) is 9.98. The first-order chi connectivity index (χ1) is 13.9. The van der Waals surface area contributed by atoms with Crippen LogP contribution in [0.15, 0.2) is 46.6 Å². The van der Waals surface area contributed by atoms with E-state index >= 15 is 0 Å². The van der Waals surface area contributed by atoms with Gasteiger partial charge in [0.2, 0.25) is 0 Å². The number of rotatable bonds is 7. The third-order valence-electron chi connectivity index (χ3n) is 5.06. The Balaban J connectivity index is 1.73. The van der Waals surface area contributed by atoms with Crippen molar-refractivity contribution in [3.8, 4) is 5.75 Å². The summed E-state index contributed by atoms with van der Waals surface area (Å²) in [6, 6.07) is 12.0. The van der Waals surface area contributed by atoms with Gasteiger partial charge in [0.25, 0.3) is 5.91 Å². The summed E-state index contributed by atoms with van der Waals surface area (Å²) in [6.45, 7) is 8.50. The molecule has 0 bridgehead atoms. The van der Waals surface area contributed by atoms with E-state index in [0.29, 0.717) is 24.4 Å². The molecule has 1 aliphatic rings. The summed E-state index contributed by atoms with van der Waals surface area (Å²) in [6.07, 6.45) is 2.38. The van der Waals surface area contributed by atoms with Crippen molar-refractivity contribution < 1.29 is 9.90 Å². The molecule has 1 aliphatic heterocycles. The second kappa shape index (κ2) is 8.90. The standard InChI is InChI=1S/C23H28N4O2/c1-5-13-27-23(29)21(17(4)26-27)25-24-20-8-6-7-18(22(20)28)11-12-19-14-15(2)9-10-16(19)3/h6-10,14,24,28H,5,11-13H2,1-4H3/b25-21-. The van der Waals surface area contributed by atoms with Crippen molar-refractivity contribution in [2.75, 3.05) is 12.0 Å². The highest BCUT2D eigenvalue weighted by molar-refractivity contribution is 6.68. The highest BCUT2D eigenvalue weighted by Crippen LogP contribution is 2.29. The molecule has 0 unspecified atom stereocenters.